The number of amides is 4. The Bertz CT molecular complexity index is 1140. The minimum atomic E-state index is -0.548. The van der Waals surface area contributed by atoms with Crippen molar-refractivity contribution in [1.29, 1.82) is 0 Å². The van der Waals surface area contributed by atoms with Crippen LogP contribution in [-0.4, -0.2) is 76.6 Å². The van der Waals surface area contributed by atoms with Crippen molar-refractivity contribution >= 4 is 23.6 Å². The van der Waals surface area contributed by atoms with E-state index in [9.17, 15) is 19.2 Å². The van der Waals surface area contributed by atoms with Gasteiger partial charge in [-0.1, -0.05) is 74.5 Å². The van der Waals surface area contributed by atoms with Gasteiger partial charge in [0.1, 0.15) is 0 Å². The second-order valence-electron chi connectivity index (χ2n) is 11.0. The predicted octanol–water partition coefficient (Wildman–Crippen LogP) is 3.01. The van der Waals surface area contributed by atoms with Crippen LogP contribution in [0.1, 0.15) is 50.7 Å². The fraction of sp³-hybridized carbons (Fsp3) is 0.484. The highest BCUT2D eigenvalue weighted by molar-refractivity contribution is 6.36. The fourth-order valence-corrected chi connectivity index (χ4v) is 5.59. The number of benzene rings is 2. The van der Waals surface area contributed by atoms with E-state index in [1.807, 2.05) is 60.7 Å². The highest BCUT2D eigenvalue weighted by Gasteiger charge is 2.39. The zero-order valence-electron chi connectivity index (χ0n) is 23.1. The Labute approximate surface area is 231 Å². The quantitative estimate of drug-likeness (QED) is 0.336. The van der Waals surface area contributed by atoms with Crippen molar-refractivity contribution in [3.05, 3.63) is 71.8 Å². The summed E-state index contributed by atoms with van der Waals surface area (Å²) < 4.78 is 0. The second-order valence-corrected chi connectivity index (χ2v) is 11.0. The van der Waals surface area contributed by atoms with Crippen molar-refractivity contribution < 1.29 is 19.2 Å². The first-order valence-corrected chi connectivity index (χ1v) is 14.1. The lowest BCUT2D eigenvalue weighted by atomic mass is 9.98. The molecule has 2 aliphatic rings. The molecule has 208 valence electrons. The third-order valence-corrected chi connectivity index (χ3v) is 7.64. The molecule has 2 aromatic carbocycles. The van der Waals surface area contributed by atoms with Gasteiger partial charge in [-0.05, 0) is 49.1 Å². The smallest absolute Gasteiger partial charge is 0.312 e. The number of carbonyl (C=O) groups is 4. The molecule has 2 atom stereocenters. The van der Waals surface area contributed by atoms with Gasteiger partial charge in [-0.2, -0.15) is 0 Å². The van der Waals surface area contributed by atoms with Crippen LogP contribution in [0.2, 0.25) is 0 Å². The molecule has 4 amide bonds. The Morgan fingerprint density at radius 3 is 2.10 bits per heavy atom. The van der Waals surface area contributed by atoms with Crippen molar-refractivity contribution in [1.82, 2.24) is 20.0 Å². The van der Waals surface area contributed by atoms with E-state index in [0.717, 1.165) is 36.8 Å². The van der Waals surface area contributed by atoms with Crippen LogP contribution in [0.15, 0.2) is 60.7 Å². The first kappa shape index (κ1) is 28.3. The van der Waals surface area contributed by atoms with Crippen molar-refractivity contribution in [3.8, 4) is 0 Å². The summed E-state index contributed by atoms with van der Waals surface area (Å²) in [6.45, 7) is 6.70. The number of unbranched alkanes of at least 4 members (excludes halogenated alkanes) is 1. The Morgan fingerprint density at radius 2 is 1.44 bits per heavy atom. The molecule has 0 spiro atoms. The Hall–Kier alpha value is -3.68. The van der Waals surface area contributed by atoms with Crippen LogP contribution in [0.4, 0.5) is 0 Å². The minimum absolute atomic E-state index is 0.0185. The van der Waals surface area contributed by atoms with Crippen LogP contribution in [0.25, 0.3) is 0 Å². The molecule has 8 nitrogen and oxygen atoms in total. The second kappa shape index (κ2) is 13.4. The van der Waals surface area contributed by atoms with Crippen LogP contribution < -0.4 is 5.32 Å². The summed E-state index contributed by atoms with van der Waals surface area (Å²) in [5.74, 6) is -1.49. The Morgan fingerprint density at radius 1 is 0.769 bits per heavy atom. The van der Waals surface area contributed by atoms with Gasteiger partial charge >= 0.3 is 23.6 Å². The molecule has 0 saturated carbocycles. The maximum absolute atomic E-state index is 13.2. The summed E-state index contributed by atoms with van der Waals surface area (Å²) in [5, 5.41) is 2.72. The molecule has 4 rings (SSSR count). The molecule has 2 fully saturated rings. The highest BCUT2D eigenvalue weighted by Crippen LogP contribution is 2.22. The van der Waals surface area contributed by atoms with Gasteiger partial charge in [0.15, 0.2) is 0 Å². The van der Waals surface area contributed by atoms with Gasteiger partial charge in [0, 0.05) is 38.8 Å². The van der Waals surface area contributed by atoms with Gasteiger partial charge in [-0.3, -0.25) is 19.2 Å². The molecule has 0 bridgehead atoms. The van der Waals surface area contributed by atoms with Crippen molar-refractivity contribution in [2.24, 2.45) is 5.92 Å². The monoisotopic (exact) mass is 532 g/mol. The van der Waals surface area contributed by atoms with Gasteiger partial charge < -0.3 is 20.0 Å². The summed E-state index contributed by atoms with van der Waals surface area (Å²) in [5.41, 5.74) is 2.15. The zero-order valence-corrected chi connectivity index (χ0v) is 23.1. The van der Waals surface area contributed by atoms with E-state index in [1.165, 1.54) is 0 Å². The summed E-state index contributed by atoms with van der Waals surface area (Å²) in [6, 6.07) is 19.7. The largest absolute Gasteiger partial charge is 0.346 e. The van der Waals surface area contributed by atoms with Crippen LogP contribution in [0.5, 0.6) is 0 Å². The lowest BCUT2D eigenvalue weighted by Crippen LogP contribution is -2.59. The number of nitrogens with zero attached hydrogens (tertiary/aromatic N) is 3. The number of hydrogen-bond donors (Lipinski definition) is 1. The van der Waals surface area contributed by atoms with Gasteiger partial charge in [0.05, 0.1) is 6.04 Å². The fourth-order valence-electron chi connectivity index (χ4n) is 5.59. The lowest BCUT2D eigenvalue weighted by Gasteiger charge is -2.41. The average Bonchev–Trinajstić information content (AvgIpc) is 2.93. The van der Waals surface area contributed by atoms with E-state index in [2.05, 4.69) is 19.2 Å². The number of piperazine rings is 2. The molecule has 2 aliphatic heterocycles. The summed E-state index contributed by atoms with van der Waals surface area (Å²) in [4.78, 5) is 56.0. The Balaban J connectivity index is 1.31. The van der Waals surface area contributed by atoms with Crippen molar-refractivity contribution in [2.75, 3.05) is 26.2 Å². The number of nitrogens with one attached hydrogen (secondary N) is 1. The maximum atomic E-state index is 13.2. The van der Waals surface area contributed by atoms with Crippen LogP contribution >= 0.6 is 0 Å². The minimum Gasteiger partial charge on any atom is -0.346 e. The average molecular weight is 533 g/mol. The molecule has 0 radical (unpaired) electrons. The standard InChI is InChI=1S/C31H40N4O4/c1-23(2)19-27-22-33(30(38)31(39)35(27)21-25-13-7-4-8-14-25)17-10-9-15-26-20-32-28(36)29(37)34(26)18-16-24-11-5-3-6-12-24/h3-8,11-14,23,26-27H,9-10,15-22H2,1-2H3,(H,32,36)/t26-,27-/m0/s1. The molecule has 2 saturated heterocycles. The van der Waals surface area contributed by atoms with Gasteiger partial charge in [-0.15, -0.1) is 0 Å². The first-order valence-electron chi connectivity index (χ1n) is 14.1. The highest BCUT2D eigenvalue weighted by atomic mass is 16.2. The van der Waals surface area contributed by atoms with Crippen LogP contribution in [0, 0.1) is 5.92 Å². The molecule has 39 heavy (non-hydrogen) atoms. The molecule has 2 aromatic rings. The van der Waals surface area contributed by atoms with Gasteiger partial charge in [0.2, 0.25) is 0 Å². The van der Waals surface area contributed by atoms with Crippen molar-refractivity contribution in [2.45, 2.75) is 64.6 Å². The van der Waals surface area contributed by atoms with E-state index in [1.54, 1.807) is 14.7 Å². The number of rotatable bonds is 12. The third-order valence-electron chi connectivity index (χ3n) is 7.64. The first-order chi connectivity index (χ1) is 18.8. The van der Waals surface area contributed by atoms with Gasteiger partial charge in [0.25, 0.3) is 0 Å². The summed E-state index contributed by atoms with van der Waals surface area (Å²) in [6.07, 6.45) is 3.78. The van der Waals surface area contributed by atoms with Gasteiger partial charge in [-0.25, -0.2) is 0 Å². The van der Waals surface area contributed by atoms with Crippen LogP contribution in [0.3, 0.4) is 0 Å². The van der Waals surface area contributed by atoms with E-state index in [4.69, 9.17) is 0 Å². The van der Waals surface area contributed by atoms with E-state index >= 15 is 0 Å². The molecule has 0 unspecified atom stereocenters. The predicted molar refractivity (Wildman–Crippen MR) is 149 cm³/mol. The SMILES string of the molecule is CC(C)C[C@H]1CN(CCCC[C@H]2CNC(=O)C(=O)N2CCc2ccccc2)C(=O)C(=O)N1Cc1ccccc1. The normalized spacial score (nSPS) is 20.1. The lowest BCUT2D eigenvalue weighted by molar-refractivity contribution is -0.160. The molecule has 0 aromatic heterocycles. The van der Waals surface area contributed by atoms with Crippen LogP contribution in [-0.2, 0) is 32.1 Å². The topological polar surface area (TPSA) is 90.0 Å². The molecule has 1 N–H and O–H groups in total. The summed E-state index contributed by atoms with van der Waals surface area (Å²) in [7, 11) is 0. The molecule has 0 aliphatic carbocycles. The summed E-state index contributed by atoms with van der Waals surface area (Å²) >= 11 is 0. The molecule has 2 heterocycles. The van der Waals surface area contributed by atoms with E-state index in [0.29, 0.717) is 45.1 Å². The molecular weight excluding hydrogens is 492 g/mol. The van der Waals surface area contributed by atoms with Crippen molar-refractivity contribution in [3.63, 3.8) is 0 Å². The van der Waals surface area contributed by atoms with E-state index in [-0.39, 0.29) is 12.1 Å². The number of hydrogen-bond acceptors (Lipinski definition) is 4. The Kier molecular flexibility index (Phi) is 9.74. The number of carbonyl (C=O) groups excluding carboxylic acids is 4. The molecule has 8 heteroatoms. The third kappa shape index (κ3) is 7.46. The maximum Gasteiger partial charge on any atom is 0.312 e. The van der Waals surface area contributed by atoms with E-state index < -0.39 is 23.6 Å². The molecular formula is C31H40N4O4. The zero-order chi connectivity index (χ0) is 27.8.